The van der Waals surface area contributed by atoms with Crippen molar-refractivity contribution in [1.29, 1.82) is 5.26 Å². The van der Waals surface area contributed by atoms with Gasteiger partial charge in [-0.3, -0.25) is 4.79 Å². The van der Waals surface area contributed by atoms with E-state index in [1.165, 1.54) is 6.92 Å². The highest BCUT2D eigenvalue weighted by molar-refractivity contribution is 5.99. The number of hydrogen-bond donors (Lipinski definition) is 1. The van der Waals surface area contributed by atoms with Gasteiger partial charge in [-0.2, -0.15) is 5.26 Å². The molecular formula is C13H11N3O. The van der Waals surface area contributed by atoms with Crippen LogP contribution in [0.5, 0.6) is 0 Å². The van der Waals surface area contributed by atoms with Crippen LogP contribution in [0.2, 0.25) is 0 Å². The molecule has 0 unspecified atom stereocenters. The maximum atomic E-state index is 11.2. The first-order chi connectivity index (χ1) is 8.13. The number of ketones is 1. The number of hydrogen-bond acceptors (Lipinski definition) is 3. The molecule has 17 heavy (non-hydrogen) atoms. The van der Waals surface area contributed by atoms with Gasteiger partial charge in [-0.1, -0.05) is 0 Å². The first kappa shape index (κ1) is 11.0. The molecule has 0 fully saturated rings. The SMILES string of the molecule is CC(=O)c1ccc(-n2cccc2C#N)cc1N. The van der Waals surface area contributed by atoms with Gasteiger partial charge in [-0.25, -0.2) is 0 Å². The van der Waals surface area contributed by atoms with Gasteiger partial charge in [-0.15, -0.1) is 0 Å². The molecule has 0 aliphatic rings. The average molecular weight is 225 g/mol. The molecule has 2 N–H and O–H groups in total. The smallest absolute Gasteiger partial charge is 0.161 e. The van der Waals surface area contributed by atoms with Crippen molar-refractivity contribution in [3.05, 3.63) is 47.8 Å². The summed E-state index contributed by atoms with van der Waals surface area (Å²) in [5.74, 6) is -0.0675. The summed E-state index contributed by atoms with van der Waals surface area (Å²) < 4.78 is 1.72. The fourth-order valence-electron chi connectivity index (χ4n) is 1.72. The van der Waals surface area contributed by atoms with Crippen molar-refractivity contribution in [3.8, 4) is 11.8 Å². The van der Waals surface area contributed by atoms with E-state index in [1.54, 1.807) is 41.1 Å². The van der Waals surface area contributed by atoms with E-state index < -0.39 is 0 Å². The van der Waals surface area contributed by atoms with Crippen LogP contribution in [0.25, 0.3) is 5.69 Å². The first-order valence-electron chi connectivity index (χ1n) is 5.12. The fourth-order valence-corrected chi connectivity index (χ4v) is 1.72. The molecule has 0 radical (unpaired) electrons. The highest BCUT2D eigenvalue weighted by Gasteiger charge is 2.07. The van der Waals surface area contributed by atoms with Crippen molar-refractivity contribution >= 4 is 11.5 Å². The zero-order valence-corrected chi connectivity index (χ0v) is 9.34. The molecule has 4 nitrogen and oxygen atoms in total. The molecule has 2 rings (SSSR count). The topological polar surface area (TPSA) is 71.8 Å². The lowest BCUT2D eigenvalue weighted by atomic mass is 10.1. The van der Waals surface area contributed by atoms with Crippen LogP contribution in [0.4, 0.5) is 5.69 Å². The summed E-state index contributed by atoms with van der Waals surface area (Å²) in [6.45, 7) is 1.47. The maximum Gasteiger partial charge on any atom is 0.161 e. The lowest BCUT2D eigenvalue weighted by Gasteiger charge is -2.08. The quantitative estimate of drug-likeness (QED) is 0.628. The molecule has 0 saturated heterocycles. The molecule has 84 valence electrons. The molecule has 0 aliphatic heterocycles. The summed E-state index contributed by atoms with van der Waals surface area (Å²) >= 11 is 0. The van der Waals surface area contributed by atoms with E-state index in [0.717, 1.165) is 5.69 Å². The Morgan fingerprint density at radius 3 is 2.76 bits per heavy atom. The third-order valence-corrected chi connectivity index (χ3v) is 2.56. The molecule has 2 aromatic rings. The van der Waals surface area contributed by atoms with E-state index in [-0.39, 0.29) is 5.78 Å². The van der Waals surface area contributed by atoms with Crippen molar-refractivity contribution in [2.75, 3.05) is 5.73 Å². The van der Waals surface area contributed by atoms with E-state index in [4.69, 9.17) is 11.0 Å². The predicted octanol–water partition coefficient (Wildman–Crippen LogP) is 2.13. The third kappa shape index (κ3) is 1.91. The molecule has 0 bridgehead atoms. The minimum atomic E-state index is -0.0675. The van der Waals surface area contributed by atoms with Gasteiger partial charge in [0, 0.05) is 23.1 Å². The molecule has 1 heterocycles. The molecule has 4 heteroatoms. The number of carbonyl (C=O) groups is 1. The van der Waals surface area contributed by atoms with E-state index in [2.05, 4.69) is 6.07 Å². The van der Waals surface area contributed by atoms with Crippen molar-refractivity contribution in [3.63, 3.8) is 0 Å². The van der Waals surface area contributed by atoms with Crippen molar-refractivity contribution in [2.45, 2.75) is 6.92 Å². The van der Waals surface area contributed by atoms with Crippen LogP contribution in [-0.4, -0.2) is 10.4 Å². The number of nitrogens with zero attached hydrogens (tertiary/aromatic N) is 2. The molecule has 0 atom stereocenters. The van der Waals surface area contributed by atoms with Gasteiger partial charge in [0.25, 0.3) is 0 Å². The lowest BCUT2D eigenvalue weighted by Crippen LogP contribution is -2.02. The second-order valence-corrected chi connectivity index (χ2v) is 3.70. The second-order valence-electron chi connectivity index (χ2n) is 3.70. The Hall–Kier alpha value is -2.54. The third-order valence-electron chi connectivity index (χ3n) is 2.56. The summed E-state index contributed by atoms with van der Waals surface area (Å²) in [4.78, 5) is 11.2. The van der Waals surface area contributed by atoms with E-state index in [9.17, 15) is 4.79 Å². The Balaban J connectivity index is 2.53. The van der Waals surface area contributed by atoms with E-state index in [1.807, 2.05) is 0 Å². The summed E-state index contributed by atoms with van der Waals surface area (Å²) in [5, 5.41) is 8.92. The zero-order chi connectivity index (χ0) is 12.4. The zero-order valence-electron chi connectivity index (χ0n) is 9.34. The van der Waals surface area contributed by atoms with Gasteiger partial charge >= 0.3 is 0 Å². The fraction of sp³-hybridized carbons (Fsp3) is 0.0769. The molecule has 1 aromatic heterocycles. The Kier molecular flexibility index (Phi) is 2.67. The Labute approximate surface area is 98.9 Å². The van der Waals surface area contributed by atoms with E-state index >= 15 is 0 Å². The molecule has 0 aliphatic carbocycles. The number of anilines is 1. The van der Waals surface area contributed by atoms with Crippen LogP contribution in [0, 0.1) is 11.3 Å². The molecule has 0 amide bonds. The second kappa shape index (κ2) is 4.14. The van der Waals surface area contributed by atoms with Crippen LogP contribution >= 0.6 is 0 Å². The Morgan fingerprint density at radius 2 is 2.18 bits per heavy atom. The van der Waals surface area contributed by atoms with Crippen LogP contribution in [0.3, 0.4) is 0 Å². The van der Waals surface area contributed by atoms with Gasteiger partial charge < -0.3 is 10.3 Å². The summed E-state index contributed by atoms with van der Waals surface area (Å²) in [6.07, 6.45) is 1.78. The monoisotopic (exact) mass is 225 g/mol. The minimum Gasteiger partial charge on any atom is -0.398 e. The molecular weight excluding hydrogens is 214 g/mol. The summed E-state index contributed by atoms with van der Waals surface area (Å²) in [6, 6.07) is 10.7. The number of aromatic nitrogens is 1. The summed E-state index contributed by atoms with van der Waals surface area (Å²) in [5.41, 5.74) is 8.03. The Morgan fingerprint density at radius 1 is 1.41 bits per heavy atom. The van der Waals surface area contributed by atoms with Crippen molar-refractivity contribution < 1.29 is 4.79 Å². The summed E-state index contributed by atoms with van der Waals surface area (Å²) in [7, 11) is 0. The average Bonchev–Trinajstić information content (AvgIpc) is 2.76. The van der Waals surface area contributed by atoms with Crippen LogP contribution < -0.4 is 5.73 Å². The van der Waals surface area contributed by atoms with Gasteiger partial charge in [-0.05, 0) is 37.3 Å². The molecule has 0 saturated carbocycles. The molecule has 1 aromatic carbocycles. The number of Topliss-reactive ketones (excluding diaryl/α,β-unsaturated/α-hetero) is 1. The van der Waals surface area contributed by atoms with E-state index in [0.29, 0.717) is 16.9 Å². The lowest BCUT2D eigenvalue weighted by molar-refractivity contribution is 0.101. The Bertz CT molecular complexity index is 620. The highest BCUT2D eigenvalue weighted by Crippen LogP contribution is 2.19. The van der Waals surface area contributed by atoms with Crippen LogP contribution in [-0.2, 0) is 0 Å². The highest BCUT2D eigenvalue weighted by atomic mass is 16.1. The number of nitrogens with two attached hydrogens (primary N) is 1. The number of nitrogen functional groups attached to an aromatic ring is 1. The standard InChI is InChI=1S/C13H11N3O/c1-9(17)12-5-4-10(7-13(12)15)16-6-2-3-11(16)8-14/h2-7H,15H2,1H3. The van der Waals surface area contributed by atoms with Crippen LogP contribution in [0.1, 0.15) is 23.0 Å². The van der Waals surface area contributed by atoms with Gasteiger partial charge in [0.2, 0.25) is 0 Å². The van der Waals surface area contributed by atoms with Gasteiger partial charge in [0.15, 0.2) is 5.78 Å². The predicted molar refractivity (Wildman–Crippen MR) is 64.9 cm³/mol. The van der Waals surface area contributed by atoms with Crippen molar-refractivity contribution in [2.24, 2.45) is 0 Å². The van der Waals surface area contributed by atoms with Crippen molar-refractivity contribution in [1.82, 2.24) is 4.57 Å². The normalized spacial score (nSPS) is 9.88. The first-order valence-corrected chi connectivity index (χ1v) is 5.12. The van der Waals surface area contributed by atoms with Crippen LogP contribution in [0.15, 0.2) is 36.5 Å². The number of carbonyl (C=O) groups excluding carboxylic acids is 1. The minimum absolute atomic E-state index is 0.0675. The van der Waals surface area contributed by atoms with Gasteiger partial charge in [0.05, 0.1) is 0 Å². The molecule has 0 spiro atoms. The van der Waals surface area contributed by atoms with Gasteiger partial charge in [0.1, 0.15) is 11.8 Å². The maximum absolute atomic E-state index is 11.2. The largest absolute Gasteiger partial charge is 0.398 e. The number of nitriles is 1. The number of rotatable bonds is 2. The number of benzene rings is 1.